The van der Waals surface area contributed by atoms with E-state index < -0.39 is 10.8 Å². The molecule has 0 aliphatic carbocycles. The van der Waals surface area contributed by atoms with Crippen molar-refractivity contribution in [3.8, 4) is 22.6 Å². The number of H-pyrrole nitrogens is 1. The number of aromatic amines is 1. The minimum atomic E-state index is -0.472. The number of carbonyl (C=O) groups is 1. The molecule has 0 bridgehead atoms. The number of nitro groups is 1. The highest BCUT2D eigenvalue weighted by atomic mass is 16.6. The molecule has 4 rings (SSSR count). The van der Waals surface area contributed by atoms with Gasteiger partial charge in [-0.2, -0.15) is 10.2 Å². The van der Waals surface area contributed by atoms with Gasteiger partial charge in [-0.05, 0) is 24.3 Å². The van der Waals surface area contributed by atoms with Gasteiger partial charge < -0.3 is 4.42 Å². The molecule has 0 atom stereocenters. The maximum absolute atomic E-state index is 12.2. The molecule has 0 radical (unpaired) electrons. The molecule has 9 nitrogen and oxygen atoms in total. The number of nitrogens with zero attached hydrogens (tertiary/aromatic N) is 3. The van der Waals surface area contributed by atoms with Crippen molar-refractivity contribution in [1.82, 2.24) is 15.6 Å². The van der Waals surface area contributed by atoms with Gasteiger partial charge in [-0.25, -0.2) is 5.43 Å². The van der Waals surface area contributed by atoms with Crippen LogP contribution in [0.4, 0.5) is 5.69 Å². The first kappa shape index (κ1) is 18.8. The van der Waals surface area contributed by atoms with E-state index in [0.29, 0.717) is 22.8 Å². The smallest absolute Gasteiger partial charge is 0.289 e. The Morgan fingerprint density at radius 2 is 1.87 bits per heavy atom. The van der Waals surface area contributed by atoms with Gasteiger partial charge >= 0.3 is 0 Å². The largest absolute Gasteiger partial charge is 0.455 e. The number of furan rings is 1. The lowest BCUT2D eigenvalue weighted by Gasteiger charge is -1.98. The Hall–Kier alpha value is -4.53. The topological polar surface area (TPSA) is 126 Å². The summed E-state index contributed by atoms with van der Waals surface area (Å²) in [7, 11) is 0. The highest BCUT2D eigenvalue weighted by Gasteiger charge is 2.17. The van der Waals surface area contributed by atoms with E-state index in [-0.39, 0.29) is 11.4 Å². The lowest BCUT2D eigenvalue weighted by Crippen LogP contribution is -2.17. The normalized spacial score (nSPS) is 10.9. The van der Waals surface area contributed by atoms with E-state index in [1.165, 1.54) is 12.3 Å². The molecule has 2 heterocycles. The summed E-state index contributed by atoms with van der Waals surface area (Å²) in [6.07, 6.45) is 1.31. The minimum absolute atomic E-state index is 0.0582. The van der Waals surface area contributed by atoms with Crippen LogP contribution in [0, 0.1) is 10.1 Å². The number of nitrogens with one attached hydrogen (secondary N) is 2. The van der Waals surface area contributed by atoms with Crippen molar-refractivity contribution in [2.24, 2.45) is 5.10 Å². The first-order valence-corrected chi connectivity index (χ1v) is 8.89. The van der Waals surface area contributed by atoms with Gasteiger partial charge in [-0.1, -0.05) is 42.5 Å². The molecular weight excluding hydrogens is 386 g/mol. The second kappa shape index (κ2) is 8.23. The molecule has 148 valence electrons. The van der Waals surface area contributed by atoms with Crippen LogP contribution in [0.3, 0.4) is 0 Å². The average molecular weight is 401 g/mol. The Balaban J connectivity index is 1.43. The lowest BCUT2D eigenvalue weighted by molar-refractivity contribution is -0.384. The van der Waals surface area contributed by atoms with Crippen molar-refractivity contribution < 1.29 is 14.1 Å². The van der Waals surface area contributed by atoms with Crippen LogP contribution in [0.15, 0.2) is 82.3 Å². The molecule has 1 amide bonds. The van der Waals surface area contributed by atoms with Crippen LogP contribution in [0.25, 0.3) is 22.6 Å². The van der Waals surface area contributed by atoms with Crippen LogP contribution < -0.4 is 5.43 Å². The molecule has 0 saturated heterocycles. The zero-order valence-corrected chi connectivity index (χ0v) is 15.5. The monoisotopic (exact) mass is 401 g/mol. The van der Waals surface area contributed by atoms with Gasteiger partial charge in [0.1, 0.15) is 17.2 Å². The maximum Gasteiger partial charge on any atom is 0.289 e. The third kappa shape index (κ3) is 3.99. The summed E-state index contributed by atoms with van der Waals surface area (Å²) in [5.41, 5.74) is 4.46. The van der Waals surface area contributed by atoms with Gasteiger partial charge in [-0.15, -0.1) is 0 Å². The number of aromatic nitrogens is 2. The van der Waals surface area contributed by atoms with Crippen LogP contribution in [0.1, 0.15) is 16.2 Å². The molecule has 30 heavy (non-hydrogen) atoms. The molecule has 9 heteroatoms. The van der Waals surface area contributed by atoms with Gasteiger partial charge in [0.15, 0.2) is 0 Å². The van der Waals surface area contributed by atoms with Crippen molar-refractivity contribution in [3.05, 3.63) is 94.4 Å². The number of nitro benzene ring substituents is 1. The molecular formula is C21H15N5O4. The zero-order chi connectivity index (χ0) is 20.9. The average Bonchev–Trinajstić information content (AvgIpc) is 3.44. The summed E-state index contributed by atoms with van der Waals surface area (Å²) in [6, 6.07) is 20.6. The summed E-state index contributed by atoms with van der Waals surface area (Å²) in [5.74, 6) is 0.195. The van der Waals surface area contributed by atoms with Crippen LogP contribution in [0.2, 0.25) is 0 Å². The van der Waals surface area contributed by atoms with Crippen molar-refractivity contribution in [2.45, 2.75) is 0 Å². The SMILES string of the molecule is O=C(N/N=C/c1ccc(-c2ccccc2[N+](=O)[O-])o1)c1cc(-c2ccccc2)n[nH]1. The standard InChI is InChI=1S/C21H15N5O4/c27-21(18-12-17(23-24-18)14-6-2-1-3-7-14)25-22-13-15-10-11-20(30-15)16-8-4-5-9-19(16)26(28)29/h1-13H,(H,23,24)(H,25,27)/b22-13+. The summed E-state index contributed by atoms with van der Waals surface area (Å²) in [5, 5.41) is 21.8. The maximum atomic E-state index is 12.2. The summed E-state index contributed by atoms with van der Waals surface area (Å²) < 4.78 is 5.58. The number of hydrazone groups is 1. The molecule has 0 fully saturated rings. The van der Waals surface area contributed by atoms with E-state index in [1.54, 1.807) is 36.4 Å². The molecule has 2 aromatic carbocycles. The van der Waals surface area contributed by atoms with E-state index in [0.717, 1.165) is 5.56 Å². The van der Waals surface area contributed by atoms with Gasteiger partial charge in [-0.3, -0.25) is 20.0 Å². The highest BCUT2D eigenvalue weighted by Crippen LogP contribution is 2.30. The number of rotatable bonds is 6. The number of carbonyl (C=O) groups excluding carboxylic acids is 1. The second-order valence-corrected chi connectivity index (χ2v) is 6.21. The fourth-order valence-electron chi connectivity index (χ4n) is 2.82. The highest BCUT2D eigenvalue weighted by molar-refractivity contribution is 5.94. The third-order valence-electron chi connectivity index (χ3n) is 4.24. The minimum Gasteiger partial charge on any atom is -0.455 e. The Bertz CT molecular complexity index is 1230. The quantitative estimate of drug-likeness (QED) is 0.287. The van der Waals surface area contributed by atoms with E-state index in [2.05, 4.69) is 20.7 Å². The summed E-state index contributed by atoms with van der Waals surface area (Å²) in [6.45, 7) is 0. The van der Waals surface area contributed by atoms with Gasteiger partial charge in [0, 0.05) is 11.6 Å². The van der Waals surface area contributed by atoms with E-state index in [9.17, 15) is 14.9 Å². The molecule has 0 unspecified atom stereocenters. The number of amides is 1. The van der Waals surface area contributed by atoms with Crippen molar-refractivity contribution >= 4 is 17.8 Å². The molecule has 0 saturated carbocycles. The number of hydrogen-bond donors (Lipinski definition) is 2. The molecule has 4 aromatic rings. The molecule has 0 spiro atoms. The number of hydrogen-bond acceptors (Lipinski definition) is 6. The van der Waals surface area contributed by atoms with Gasteiger partial charge in [0.2, 0.25) is 0 Å². The Morgan fingerprint density at radius 3 is 2.67 bits per heavy atom. The van der Waals surface area contributed by atoms with Crippen molar-refractivity contribution in [1.29, 1.82) is 0 Å². The van der Waals surface area contributed by atoms with Crippen LogP contribution in [-0.2, 0) is 0 Å². The van der Waals surface area contributed by atoms with E-state index in [1.807, 2.05) is 30.3 Å². The van der Waals surface area contributed by atoms with Crippen molar-refractivity contribution in [3.63, 3.8) is 0 Å². The van der Waals surface area contributed by atoms with Crippen LogP contribution >= 0.6 is 0 Å². The van der Waals surface area contributed by atoms with E-state index >= 15 is 0 Å². The fourth-order valence-corrected chi connectivity index (χ4v) is 2.82. The number of benzene rings is 2. The number of para-hydroxylation sites is 1. The van der Waals surface area contributed by atoms with E-state index in [4.69, 9.17) is 4.42 Å². The lowest BCUT2D eigenvalue weighted by atomic mass is 10.1. The zero-order valence-electron chi connectivity index (χ0n) is 15.5. The second-order valence-electron chi connectivity index (χ2n) is 6.21. The molecule has 2 aromatic heterocycles. The third-order valence-corrected chi connectivity index (χ3v) is 4.24. The molecule has 0 aliphatic heterocycles. The molecule has 0 aliphatic rings. The predicted molar refractivity (Wildman–Crippen MR) is 110 cm³/mol. The fraction of sp³-hybridized carbons (Fsp3) is 0. The van der Waals surface area contributed by atoms with Crippen molar-refractivity contribution in [2.75, 3.05) is 0 Å². The summed E-state index contributed by atoms with van der Waals surface area (Å²) in [4.78, 5) is 22.9. The Morgan fingerprint density at radius 1 is 1.10 bits per heavy atom. The van der Waals surface area contributed by atoms with Gasteiger partial charge in [0.25, 0.3) is 11.6 Å². The Kier molecular flexibility index (Phi) is 5.16. The predicted octanol–water partition coefficient (Wildman–Crippen LogP) is 4.01. The summed E-state index contributed by atoms with van der Waals surface area (Å²) >= 11 is 0. The Labute approximate surface area is 170 Å². The van der Waals surface area contributed by atoms with Crippen LogP contribution in [-0.4, -0.2) is 27.2 Å². The molecule has 2 N–H and O–H groups in total. The first-order valence-electron chi connectivity index (χ1n) is 8.89. The first-order chi connectivity index (χ1) is 14.6. The van der Waals surface area contributed by atoms with Gasteiger partial charge in [0.05, 0.1) is 22.4 Å². The van der Waals surface area contributed by atoms with Crippen LogP contribution in [0.5, 0.6) is 0 Å².